The van der Waals surface area contributed by atoms with E-state index in [-0.39, 0.29) is 39.1 Å². The van der Waals surface area contributed by atoms with Crippen LogP contribution in [-0.2, 0) is 65.8 Å². The van der Waals surface area contributed by atoms with Crippen LogP contribution in [0.2, 0.25) is 18.6 Å². The molecule has 5 aromatic rings. The smallest absolute Gasteiger partial charge is 0.491 e. The molecule has 366 valence electrons. The predicted molar refractivity (Wildman–Crippen MR) is 252 cm³/mol. The molecule has 3 aromatic heterocycles. The fourth-order valence-corrected chi connectivity index (χ4v) is 24.7. The van der Waals surface area contributed by atoms with Gasteiger partial charge in [-0.05, 0) is 67.5 Å². The maximum atomic E-state index is 10.6. The minimum atomic E-state index is -4.06. The fourth-order valence-electron chi connectivity index (χ4n) is 7.13. The molecule has 0 saturated carbocycles. The number of H-pyrrole nitrogens is 1. The number of hydrogen-bond donors (Lipinski definition) is 2. The van der Waals surface area contributed by atoms with Gasteiger partial charge >= 0.3 is 44.5 Å². The summed E-state index contributed by atoms with van der Waals surface area (Å²) in [6.07, 6.45) is 3.68. The number of ether oxygens (including phenoxy) is 3. The molecule has 21 nitrogen and oxygen atoms in total. The molecule has 0 amide bonds. The summed E-state index contributed by atoms with van der Waals surface area (Å²) in [6.45, 7) is 4.60. The number of aromatic nitrogens is 4. The Labute approximate surface area is 391 Å². The Morgan fingerprint density at radius 2 is 1.15 bits per heavy atom. The number of hydrogen-bond acceptors (Lipinski definition) is 20. The third kappa shape index (κ3) is 13.2. The number of fused-ring (bicyclic) bond motifs is 6. The van der Waals surface area contributed by atoms with E-state index in [1.54, 1.807) is 12.4 Å². The number of benzene rings is 2. The molecule has 0 bridgehead atoms. The van der Waals surface area contributed by atoms with Crippen LogP contribution in [0.1, 0.15) is 19.8 Å². The first-order valence-corrected chi connectivity index (χ1v) is 30.5. The molecular formula is C40H64N4O17Si5. The molecule has 26 heteroatoms. The molecule has 2 aromatic carbocycles. The van der Waals surface area contributed by atoms with Crippen molar-refractivity contribution in [2.75, 3.05) is 97.0 Å². The Morgan fingerprint density at radius 3 is 1.73 bits per heavy atom. The van der Waals surface area contributed by atoms with Gasteiger partial charge in [-0.3, -0.25) is 9.97 Å². The van der Waals surface area contributed by atoms with Crippen molar-refractivity contribution in [3.8, 4) is 17.1 Å². The molecule has 3 heterocycles. The molecule has 5 rings (SSSR count). The van der Waals surface area contributed by atoms with Gasteiger partial charge in [0.2, 0.25) is 0 Å². The quantitative estimate of drug-likeness (QED) is 0.0325. The third-order valence-corrected chi connectivity index (χ3v) is 27.3. The van der Waals surface area contributed by atoms with Gasteiger partial charge in [0, 0.05) is 105 Å². The van der Waals surface area contributed by atoms with Gasteiger partial charge in [0.25, 0.3) is 0 Å². The molecular weight excluding hydrogens is 949 g/mol. The van der Waals surface area contributed by atoms with Gasteiger partial charge in [-0.25, -0.2) is 4.98 Å². The molecule has 0 aliphatic rings. The van der Waals surface area contributed by atoms with Crippen LogP contribution in [0, 0.1) is 0 Å². The largest absolute Gasteiger partial charge is 0.673 e. The molecule has 0 radical (unpaired) electrons. The molecule has 3 atom stereocenters. The van der Waals surface area contributed by atoms with Crippen molar-refractivity contribution in [3.63, 3.8) is 0 Å². The zero-order valence-corrected chi connectivity index (χ0v) is 44.5. The Kier molecular flexibility index (Phi) is 20.4. The molecule has 0 fully saturated rings. The summed E-state index contributed by atoms with van der Waals surface area (Å²) >= 11 is 0. The van der Waals surface area contributed by atoms with Crippen molar-refractivity contribution in [2.45, 2.75) is 44.5 Å². The standard InChI is InChI=1S/C40H64N4O17Si5/c1-12-27-62(11,59-66(53-9,54-10)61-65(50-6,51-7)52-8)58-63(46-2,60-64(47-3,48-4)49-5)28-15-24-55-29-32(45)30-56-25-26-57-33-20-18-31(19-21-33)40-43-38-34-16-13-22-41-36(34)37-35(39(38)44-40)17-14-23-42-37/h13-14,16-23,32,45H,12,15,24-30H2,1-11H3,(H,43,44). The number of nitrogens with one attached hydrogen (secondary N) is 1. The number of aliphatic hydroxyl groups excluding tert-OH is 1. The molecule has 0 spiro atoms. The van der Waals surface area contributed by atoms with E-state index in [0.29, 0.717) is 24.6 Å². The number of imidazole rings is 1. The Morgan fingerprint density at radius 1 is 0.591 bits per heavy atom. The topological polar surface area (TPSA) is 222 Å². The van der Waals surface area contributed by atoms with Gasteiger partial charge in [0.15, 0.2) is 0 Å². The maximum Gasteiger partial charge on any atom is 0.673 e. The lowest BCUT2D eigenvalue weighted by Gasteiger charge is -2.42. The maximum absolute atomic E-state index is 10.6. The predicted octanol–water partition coefficient (Wildman–Crippen LogP) is 5.10. The summed E-state index contributed by atoms with van der Waals surface area (Å²) in [6, 6.07) is 16.2. The Hall–Kier alpha value is -3.03. The monoisotopic (exact) mass is 1010 g/mol. The van der Waals surface area contributed by atoms with E-state index in [4.69, 9.17) is 75.5 Å². The number of rotatable bonds is 32. The summed E-state index contributed by atoms with van der Waals surface area (Å²) in [7, 11) is -6.16. The van der Waals surface area contributed by atoms with Crippen molar-refractivity contribution >= 4 is 77.3 Å². The number of nitrogens with zero attached hydrogens (tertiary/aromatic N) is 3. The van der Waals surface area contributed by atoms with Crippen molar-refractivity contribution in [1.82, 2.24) is 19.9 Å². The highest BCUT2D eigenvalue weighted by molar-refractivity contribution is 6.85. The average molecular weight is 1010 g/mol. The Balaban J connectivity index is 1.12. The first-order valence-electron chi connectivity index (χ1n) is 21.2. The van der Waals surface area contributed by atoms with Crippen LogP contribution in [0.4, 0.5) is 0 Å². The fraction of sp³-hybridized carbons (Fsp3) is 0.525. The van der Waals surface area contributed by atoms with Crippen LogP contribution >= 0.6 is 0 Å². The summed E-state index contributed by atoms with van der Waals surface area (Å²) in [5, 5.41) is 12.5. The Bertz CT molecular complexity index is 2150. The van der Waals surface area contributed by atoms with Crippen molar-refractivity contribution in [1.29, 1.82) is 0 Å². The van der Waals surface area contributed by atoms with Crippen LogP contribution in [-0.4, -0.2) is 173 Å². The minimum absolute atomic E-state index is 0.0154. The van der Waals surface area contributed by atoms with E-state index < -0.39 is 50.6 Å². The zero-order valence-electron chi connectivity index (χ0n) is 39.5. The summed E-state index contributed by atoms with van der Waals surface area (Å²) in [5.74, 6) is 1.39. The van der Waals surface area contributed by atoms with Gasteiger partial charge in [-0.15, -0.1) is 0 Å². The second kappa shape index (κ2) is 25.0. The summed E-state index contributed by atoms with van der Waals surface area (Å²) in [4.78, 5) is 17.6. The van der Waals surface area contributed by atoms with Gasteiger partial charge < -0.3 is 80.6 Å². The lowest BCUT2D eigenvalue weighted by molar-refractivity contribution is -0.0245. The third-order valence-electron chi connectivity index (χ3n) is 10.3. The van der Waals surface area contributed by atoms with Crippen molar-refractivity contribution in [3.05, 3.63) is 60.9 Å². The highest BCUT2D eigenvalue weighted by atomic mass is 28.5. The SMILES string of the molecule is CCC[Si](C)(O[Si](CCCOCC(O)COCCOc1ccc(-c2nc3c4cccnc4c4ncccc4c3[nH]2)cc1)(OC)O[Si](OC)(OC)OC)O[Si](OC)(OC)O[Si](OC)(OC)OC. The average Bonchev–Trinajstić information content (AvgIpc) is 3.81. The van der Waals surface area contributed by atoms with E-state index in [1.165, 1.54) is 64.0 Å². The molecule has 2 N–H and O–H groups in total. The number of aromatic amines is 1. The van der Waals surface area contributed by atoms with Crippen LogP contribution < -0.4 is 4.74 Å². The minimum Gasteiger partial charge on any atom is -0.491 e. The van der Waals surface area contributed by atoms with E-state index in [0.717, 1.165) is 44.2 Å². The van der Waals surface area contributed by atoms with Gasteiger partial charge in [0.1, 0.15) is 24.3 Å². The highest BCUT2D eigenvalue weighted by Crippen LogP contribution is 2.35. The van der Waals surface area contributed by atoms with E-state index in [1.807, 2.05) is 62.0 Å². The van der Waals surface area contributed by atoms with E-state index in [2.05, 4.69) is 15.0 Å². The van der Waals surface area contributed by atoms with Gasteiger partial charge in [0.05, 0.1) is 41.9 Å². The molecule has 0 aliphatic carbocycles. The van der Waals surface area contributed by atoms with Gasteiger partial charge in [-0.2, -0.15) is 0 Å². The number of aliphatic hydroxyl groups is 1. The molecule has 0 saturated heterocycles. The normalized spacial score (nSPS) is 15.1. The second-order valence-corrected chi connectivity index (χ2v) is 29.3. The highest BCUT2D eigenvalue weighted by Gasteiger charge is 2.63. The molecule has 0 aliphatic heterocycles. The lowest BCUT2D eigenvalue weighted by Crippen LogP contribution is -2.67. The lowest BCUT2D eigenvalue weighted by atomic mass is 10.1. The zero-order chi connectivity index (χ0) is 47.9. The van der Waals surface area contributed by atoms with Crippen molar-refractivity contribution < 1.29 is 75.6 Å². The summed E-state index contributed by atoms with van der Waals surface area (Å²) < 4.78 is 94.7. The van der Waals surface area contributed by atoms with Crippen molar-refractivity contribution in [2.24, 2.45) is 0 Å². The number of pyridine rings is 2. The van der Waals surface area contributed by atoms with Crippen LogP contribution in [0.3, 0.4) is 0 Å². The second-order valence-electron chi connectivity index (χ2n) is 14.7. The first kappa shape index (κ1) is 53.9. The molecule has 66 heavy (non-hydrogen) atoms. The van der Waals surface area contributed by atoms with Crippen LogP contribution in [0.5, 0.6) is 5.75 Å². The van der Waals surface area contributed by atoms with E-state index >= 15 is 0 Å². The van der Waals surface area contributed by atoms with Crippen LogP contribution in [0.15, 0.2) is 60.9 Å². The van der Waals surface area contributed by atoms with Crippen LogP contribution in [0.25, 0.3) is 44.2 Å². The first-order chi connectivity index (χ1) is 31.8. The van der Waals surface area contributed by atoms with Gasteiger partial charge in [-0.1, -0.05) is 13.3 Å². The van der Waals surface area contributed by atoms with E-state index in [9.17, 15) is 5.11 Å². The summed E-state index contributed by atoms with van der Waals surface area (Å²) in [5.41, 5.74) is 4.28. The molecule has 3 unspecified atom stereocenters.